The number of hydrogen-bond donors (Lipinski definition) is 3. The second-order valence-corrected chi connectivity index (χ2v) is 6.19. The van der Waals surface area contributed by atoms with Crippen molar-refractivity contribution < 1.29 is 4.79 Å². The van der Waals surface area contributed by atoms with E-state index in [0.717, 1.165) is 22.3 Å². The van der Waals surface area contributed by atoms with E-state index in [4.69, 9.17) is 11.1 Å². The summed E-state index contributed by atoms with van der Waals surface area (Å²) in [7, 11) is 0. The van der Waals surface area contributed by atoms with Crippen LogP contribution in [0.25, 0.3) is 11.1 Å². The average Bonchev–Trinajstić information content (AvgIpc) is 2.67. The van der Waals surface area contributed by atoms with Gasteiger partial charge in [-0.2, -0.15) is 0 Å². The van der Waals surface area contributed by atoms with Crippen molar-refractivity contribution in [1.29, 1.82) is 5.41 Å². The summed E-state index contributed by atoms with van der Waals surface area (Å²) in [4.78, 5) is 12.5. The van der Waals surface area contributed by atoms with Crippen molar-refractivity contribution in [3.63, 3.8) is 0 Å². The third kappa shape index (κ3) is 3.98. The Balaban J connectivity index is 1.73. The van der Waals surface area contributed by atoms with E-state index in [1.54, 1.807) is 12.1 Å². The number of nitrogens with two attached hydrogens (primary N) is 1. The molecule has 0 unspecified atom stereocenters. The van der Waals surface area contributed by atoms with Crippen LogP contribution < -0.4 is 11.1 Å². The maximum atomic E-state index is 12.5. The van der Waals surface area contributed by atoms with Gasteiger partial charge in [0.05, 0.1) is 0 Å². The highest BCUT2D eigenvalue weighted by atomic mass is 16.1. The van der Waals surface area contributed by atoms with Gasteiger partial charge in [0.15, 0.2) is 0 Å². The zero-order valence-electron chi connectivity index (χ0n) is 14.6. The number of carbonyl (C=O) groups is 1. The van der Waals surface area contributed by atoms with Gasteiger partial charge in [-0.05, 0) is 41.3 Å². The topological polar surface area (TPSA) is 79.0 Å². The molecule has 3 rings (SSSR count). The maximum absolute atomic E-state index is 12.5. The minimum atomic E-state index is -0.113. The standard InChI is InChI=1S/C22H21N3O/c1-15-7-10-19(13-20(15)17-5-3-2-4-6-17)22(26)25-14-16-8-11-18(12-9-16)21(23)24/h2-13H,14H2,1H3,(H3,23,24)(H,25,26). The molecule has 4 heteroatoms. The molecule has 4 nitrogen and oxygen atoms in total. The van der Waals surface area contributed by atoms with E-state index in [-0.39, 0.29) is 11.7 Å². The van der Waals surface area contributed by atoms with Crippen LogP contribution in [0.1, 0.15) is 27.0 Å². The second kappa shape index (κ2) is 7.66. The predicted octanol–water partition coefficient (Wildman–Crippen LogP) is 3.88. The smallest absolute Gasteiger partial charge is 0.251 e. The summed E-state index contributed by atoms with van der Waals surface area (Å²) in [5.41, 5.74) is 11.0. The van der Waals surface area contributed by atoms with Crippen molar-refractivity contribution in [1.82, 2.24) is 5.32 Å². The summed E-state index contributed by atoms with van der Waals surface area (Å²) in [6.45, 7) is 2.46. The van der Waals surface area contributed by atoms with E-state index < -0.39 is 0 Å². The lowest BCUT2D eigenvalue weighted by molar-refractivity contribution is 0.0951. The van der Waals surface area contributed by atoms with Crippen molar-refractivity contribution in [3.05, 3.63) is 95.1 Å². The van der Waals surface area contributed by atoms with Crippen LogP contribution in [0.4, 0.5) is 0 Å². The predicted molar refractivity (Wildman–Crippen MR) is 105 cm³/mol. The lowest BCUT2D eigenvalue weighted by Crippen LogP contribution is -2.23. The highest BCUT2D eigenvalue weighted by molar-refractivity contribution is 5.96. The molecule has 1 amide bonds. The molecular weight excluding hydrogens is 322 g/mol. The number of hydrogen-bond acceptors (Lipinski definition) is 2. The second-order valence-electron chi connectivity index (χ2n) is 6.19. The van der Waals surface area contributed by atoms with Gasteiger partial charge >= 0.3 is 0 Å². The number of aryl methyl sites for hydroxylation is 1. The summed E-state index contributed by atoms with van der Waals surface area (Å²) >= 11 is 0. The van der Waals surface area contributed by atoms with Crippen molar-refractivity contribution >= 4 is 11.7 Å². The van der Waals surface area contributed by atoms with Crippen molar-refractivity contribution in [2.24, 2.45) is 5.73 Å². The number of rotatable bonds is 5. The molecule has 0 bridgehead atoms. The summed E-state index contributed by atoms with van der Waals surface area (Å²) in [5.74, 6) is -0.0773. The van der Waals surface area contributed by atoms with E-state index in [0.29, 0.717) is 17.7 Å². The first kappa shape index (κ1) is 17.4. The van der Waals surface area contributed by atoms with Gasteiger partial charge in [0, 0.05) is 17.7 Å². The third-order valence-corrected chi connectivity index (χ3v) is 4.30. The van der Waals surface area contributed by atoms with Gasteiger partial charge in [-0.3, -0.25) is 10.2 Å². The van der Waals surface area contributed by atoms with E-state index in [2.05, 4.69) is 5.32 Å². The minimum Gasteiger partial charge on any atom is -0.384 e. The van der Waals surface area contributed by atoms with E-state index in [1.165, 1.54) is 0 Å². The van der Waals surface area contributed by atoms with Crippen LogP contribution in [0, 0.1) is 12.3 Å². The number of nitrogens with one attached hydrogen (secondary N) is 2. The Kier molecular flexibility index (Phi) is 5.13. The summed E-state index contributed by atoms with van der Waals surface area (Å²) in [5, 5.41) is 10.3. The van der Waals surface area contributed by atoms with Gasteiger partial charge in [0.2, 0.25) is 0 Å². The van der Waals surface area contributed by atoms with Gasteiger partial charge in [-0.1, -0.05) is 60.7 Å². The quantitative estimate of drug-likeness (QED) is 0.485. The molecule has 130 valence electrons. The van der Waals surface area contributed by atoms with Crippen LogP contribution in [0.3, 0.4) is 0 Å². The van der Waals surface area contributed by atoms with E-state index >= 15 is 0 Å². The SMILES string of the molecule is Cc1ccc(C(=O)NCc2ccc(C(=N)N)cc2)cc1-c1ccccc1. The first-order valence-corrected chi connectivity index (χ1v) is 8.42. The Labute approximate surface area is 153 Å². The van der Waals surface area contributed by atoms with E-state index in [1.807, 2.05) is 67.6 Å². The van der Waals surface area contributed by atoms with E-state index in [9.17, 15) is 4.79 Å². The molecule has 0 aliphatic carbocycles. The van der Waals surface area contributed by atoms with Gasteiger partial charge in [0.1, 0.15) is 5.84 Å². The highest BCUT2D eigenvalue weighted by Crippen LogP contribution is 2.24. The summed E-state index contributed by atoms with van der Waals surface area (Å²) < 4.78 is 0. The largest absolute Gasteiger partial charge is 0.384 e. The van der Waals surface area contributed by atoms with Crippen LogP contribution in [0.2, 0.25) is 0 Å². The lowest BCUT2D eigenvalue weighted by Gasteiger charge is -2.10. The Morgan fingerprint density at radius 1 is 0.962 bits per heavy atom. The molecule has 3 aromatic rings. The lowest BCUT2D eigenvalue weighted by atomic mass is 9.98. The minimum absolute atomic E-state index is 0.0358. The average molecular weight is 343 g/mol. The molecule has 0 heterocycles. The highest BCUT2D eigenvalue weighted by Gasteiger charge is 2.09. The Morgan fingerprint density at radius 2 is 1.62 bits per heavy atom. The maximum Gasteiger partial charge on any atom is 0.251 e. The first-order valence-electron chi connectivity index (χ1n) is 8.42. The van der Waals surface area contributed by atoms with Gasteiger partial charge < -0.3 is 11.1 Å². The molecule has 0 aromatic heterocycles. The molecule has 3 aromatic carbocycles. The van der Waals surface area contributed by atoms with Gasteiger partial charge in [-0.25, -0.2) is 0 Å². The molecule has 0 saturated carbocycles. The van der Waals surface area contributed by atoms with Crippen LogP contribution in [0.15, 0.2) is 72.8 Å². The molecular formula is C22H21N3O. The fourth-order valence-electron chi connectivity index (χ4n) is 2.78. The Morgan fingerprint density at radius 3 is 2.27 bits per heavy atom. The van der Waals surface area contributed by atoms with Crippen molar-refractivity contribution in [2.45, 2.75) is 13.5 Å². The van der Waals surface area contributed by atoms with Crippen molar-refractivity contribution in [2.75, 3.05) is 0 Å². The first-order chi connectivity index (χ1) is 12.5. The van der Waals surface area contributed by atoms with Crippen molar-refractivity contribution in [3.8, 4) is 11.1 Å². The number of amides is 1. The molecule has 0 radical (unpaired) electrons. The number of carbonyl (C=O) groups excluding carboxylic acids is 1. The Bertz CT molecular complexity index is 931. The van der Waals surface area contributed by atoms with Gasteiger partial charge in [-0.15, -0.1) is 0 Å². The van der Waals surface area contributed by atoms with Crippen LogP contribution >= 0.6 is 0 Å². The monoisotopic (exact) mass is 343 g/mol. The fourth-order valence-corrected chi connectivity index (χ4v) is 2.78. The van der Waals surface area contributed by atoms with Gasteiger partial charge in [0.25, 0.3) is 5.91 Å². The molecule has 0 fully saturated rings. The van der Waals surface area contributed by atoms with Crippen LogP contribution in [-0.2, 0) is 6.54 Å². The normalized spacial score (nSPS) is 10.3. The molecule has 0 atom stereocenters. The molecule has 0 aliphatic rings. The van der Waals surface area contributed by atoms with Crippen LogP contribution in [0.5, 0.6) is 0 Å². The van der Waals surface area contributed by atoms with Crippen LogP contribution in [-0.4, -0.2) is 11.7 Å². The third-order valence-electron chi connectivity index (χ3n) is 4.30. The fraction of sp³-hybridized carbons (Fsp3) is 0.0909. The zero-order chi connectivity index (χ0) is 18.5. The molecule has 0 saturated heterocycles. The molecule has 26 heavy (non-hydrogen) atoms. The zero-order valence-corrected chi connectivity index (χ0v) is 14.6. The summed E-state index contributed by atoms with van der Waals surface area (Å²) in [6, 6.07) is 23.1. The molecule has 0 spiro atoms. The number of benzene rings is 3. The Hall–Kier alpha value is -3.40. The number of amidine groups is 1. The summed E-state index contributed by atoms with van der Waals surface area (Å²) in [6.07, 6.45) is 0. The molecule has 0 aliphatic heterocycles. The molecule has 4 N–H and O–H groups in total. The number of nitrogen functional groups attached to an aromatic ring is 1.